The van der Waals surface area contributed by atoms with Gasteiger partial charge in [0.15, 0.2) is 0 Å². The molecule has 1 aliphatic rings. The molecule has 0 aromatic carbocycles. The van der Waals surface area contributed by atoms with E-state index in [4.69, 9.17) is 16.3 Å². The van der Waals surface area contributed by atoms with Gasteiger partial charge in [-0.3, -0.25) is 4.98 Å². The molecule has 1 saturated carbocycles. The fraction of sp³-hybridized carbons (Fsp3) is 0.636. The van der Waals surface area contributed by atoms with Crippen molar-refractivity contribution in [1.29, 1.82) is 0 Å². The average molecular weight is 242 g/mol. The third-order valence-electron chi connectivity index (χ3n) is 2.66. The number of nitrogens with zero attached hydrogens (tertiary/aromatic N) is 3. The van der Waals surface area contributed by atoms with Crippen LogP contribution in [-0.4, -0.2) is 41.1 Å². The van der Waals surface area contributed by atoms with Crippen LogP contribution in [0.15, 0.2) is 12.4 Å². The first-order valence-electron chi connectivity index (χ1n) is 5.49. The summed E-state index contributed by atoms with van der Waals surface area (Å²) in [5.41, 5.74) is 0.745. The molecule has 0 radical (unpaired) electrons. The molecule has 0 unspecified atom stereocenters. The minimum absolute atomic E-state index is 0.367. The lowest BCUT2D eigenvalue weighted by atomic mass is 10.5. The van der Waals surface area contributed by atoms with Crippen molar-refractivity contribution < 1.29 is 4.74 Å². The van der Waals surface area contributed by atoms with Crippen LogP contribution in [-0.2, 0) is 5.88 Å². The van der Waals surface area contributed by atoms with Gasteiger partial charge < -0.3 is 9.64 Å². The molecule has 0 aliphatic heterocycles. The lowest BCUT2D eigenvalue weighted by Gasteiger charge is -2.15. The summed E-state index contributed by atoms with van der Waals surface area (Å²) in [6, 6.07) is 0.767. The molecule has 1 aliphatic carbocycles. The smallest absolute Gasteiger partial charge is 0.232 e. The SMILES string of the molecule is CN(CCOc1cncc(CCl)n1)C1CC1. The van der Waals surface area contributed by atoms with E-state index in [1.165, 1.54) is 12.8 Å². The van der Waals surface area contributed by atoms with Crippen LogP contribution >= 0.6 is 11.6 Å². The molecule has 1 fully saturated rings. The van der Waals surface area contributed by atoms with Gasteiger partial charge in [0.05, 0.1) is 17.8 Å². The van der Waals surface area contributed by atoms with E-state index in [9.17, 15) is 0 Å². The Kier molecular flexibility index (Phi) is 3.96. The Bertz CT molecular complexity index is 344. The van der Waals surface area contributed by atoms with E-state index in [0.29, 0.717) is 18.4 Å². The van der Waals surface area contributed by atoms with Crippen molar-refractivity contribution in [2.75, 3.05) is 20.2 Å². The highest BCUT2D eigenvalue weighted by atomic mass is 35.5. The molecule has 2 rings (SSSR count). The van der Waals surface area contributed by atoms with Crippen LogP contribution in [0.1, 0.15) is 18.5 Å². The Labute approximate surface area is 101 Å². The van der Waals surface area contributed by atoms with Gasteiger partial charge in [0.2, 0.25) is 5.88 Å². The number of halogens is 1. The highest BCUT2D eigenvalue weighted by Crippen LogP contribution is 2.24. The quantitative estimate of drug-likeness (QED) is 0.711. The van der Waals surface area contributed by atoms with Crippen molar-refractivity contribution in [3.05, 3.63) is 18.1 Å². The van der Waals surface area contributed by atoms with E-state index < -0.39 is 0 Å². The number of ether oxygens (including phenoxy) is 1. The Morgan fingerprint density at radius 2 is 2.31 bits per heavy atom. The molecule has 1 aromatic rings. The second kappa shape index (κ2) is 5.46. The first-order chi connectivity index (χ1) is 7.79. The summed E-state index contributed by atoms with van der Waals surface area (Å²) in [6.45, 7) is 1.57. The van der Waals surface area contributed by atoms with Crippen LogP contribution in [0.3, 0.4) is 0 Å². The summed E-state index contributed by atoms with van der Waals surface area (Å²) in [6.07, 6.45) is 5.90. The molecular formula is C11H16ClN3O. The van der Waals surface area contributed by atoms with Crippen LogP contribution in [0.25, 0.3) is 0 Å². The van der Waals surface area contributed by atoms with Gasteiger partial charge in [-0.15, -0.1) is 11.6 Å². The van der Waals surface area contributed by atoms with Gasteiger partial charge in [-0.05, 0) is 19.9 Å². The summed E-state index contributed by atoms with van der Waals surface area (Å²) < 4.78 is 5.52. The van der Waals surface area contributed by atoms with Gasteiger partial charge >= 0.3 is 0 Å². The van der Waals surface area contributed by atoms with Gasteiger partial charge in [0.1, 0.15) is 6.61 Å². The molecule has 5 heteroatoms. The van der Waals surface area contributed by atoms with E-state index in [-0.39, 0.29) is 0 Å². The topological polar surface area (TPSA) is 38.2 Å². The Morgan fingerprint density at radius 3 is 3.00 bits per heavy atom. The number of alkyl halides is 1. The number of hydrogen-bond acceptors (Lipinski definition) is 4. The van der Waals surface area contributed by atoms with E-state index in [0.717, 1.165) is 18.3 Å². The van der Waals surface area contributed by atoms with Gasteiger partial charge in [0, 0.05) is 18.8 Å². The van der Waals surface area contributed by atoms with Crippen molar-refractivity contribution in [2.45, 2.75) is 24.8 Å². The van der Waals surface area contributed by atoms with E-state index in [1.807, 2.05) is 0 Å². The molecule has 4 nitrogen and oxygen atoms in total. The van der Waals surface area contributed by atoms with Crippen LogP contribution < -0.4 is 4.74 Å². The van der Waals surface area contributed by atoms with Crippen molar-refractivity contribution >= 4 is 11.6 Å². The predicted molar refractivity (Wildman–Crippen MR) is 62.7 cm³/mol. The molecule has 0 amide bonds. The van der Waals surface area contributed by atoms with Gasteiger partial charge in [-0.1, -0.05) is 0 Å². The minimum atomic E-state index is 0.367. The summed E-state index contributed by atoms with van der Waals surface area (Å²) >= 11 is 5.67. The lowest BCUT2D eigenvalue weighted by Crippen LogP contribution is -2.26. The van der Waals surface area contributed by atoms with Crippen LogP contribution in [0.5, 0.6) is 5.88 Å². The molecule has 1 heterocycles. The van der Waals surface area contributed by atoms with Crippen molar-refractivity contribution in [3.63, 3.8) is 0 Å². The van der Waals surface area contributed by atoms with Gasteiger partial charge in [-0.25, -0.2) is 4.98 Å². The highest BCUT2D eigenvalue weighted by Gasteiger charge is 2.25. The molecule has 0 atom stereocenters. The molecular weight excluding hydrogens is 226 g/mol. The Morgan fingerprint density at radius 1 is 1.50 bits per heavy atom. The molecule has 1 aromatic heterocycles. The fourth-order valence-electron chi connectivity index (χ4n) is 1.51. The van der Waals surface area contributed by atoms with E-state index >= 15 is 0 Å². The minimum Gasteiger partial charge on any atom is -0.475 e. The van der Waals surface area contributed by atoms with Crippen LogP contribution in [0, 0.1) is 0 Å². The summed E-state index contributed by atoms with van der Waals surface area (Å²) in [5, 5.41) is 0. The lowest BCUT2D eigenvalue weighted by molar-refractivity contribution is 0.225. The zero-order valence-corrected chi connectivity index (χ0v) is 10.2. The molecule has 16 heavy (non-hydrogen) atoms. The maximum atomic E-state index is 5.67. The summed E-state index contributed by atoms with van der Waals surface area (Å²) in [4.78, 5) is 10.5. The number of rotatable bonds is 6. The number of aromatic nitrogens is 2. The summed E-state index contributed by atoms with van der Waals surface area (Å²) in [7, 11) is 2.13. The van der Waals surface area contributed by atoms with Gasteiger partial charge in [0.25, 0.3) is 0 Å². The normalized spacial score (nSPS) is 15.4. The average Bonchev–Trinajstić information content (AvgIpc) is 3.13. The van der Waals surface area contributed by atoms with Gasteiger partial charge in [-0.2, -0.15) is 0 Å². The fourth-order valence-corrected chi connectivity index (χ4v) is 1.64. The van der Waals surface area contributed by atoms with Crippen LogP contribution in [0.2, 0.25) is 0 Å². The number of hydrogen-bond donors (Lipinski definition) is 0. The first kappa shape index (κ1) is 11.6. The van der Waals surface area contributed by atoms with E-state index in [1.54, 1.807) is 12.4 Å². The predicted octanol–water partition coefficient (Wildman–Crippen LogP) is 1.69. The molecule has 0 N–H and O–H groups in total. The van der Waals surface area contributed by atoms with Crippen LogP contribution in [0.4, 0.5) is 0 Å². The Hall–Kier alpha value is -0.870. The largest absolute Gasteiger partial charge is 0.475 e. The van der Waals surface area contributed by atoms with Crippen molar-refractivity contribution in [3.8, 4) is 5.88 Å². The summed E-state index contributed by atoms with van der Waals surface area (Å²) in [5.74, 6) is 0.925. The zero-order chi connectivity index (χ0) is 11.4. The maximum absolute atomic E-state index is 5.67. The van der Waals surface area contributed by atoms with Crippen molar-refractivity contribution in [1.82, 2.24) is 14.9 Å². The Balaban J connectivity index is 1.75. The second-order valence-electron chi connectivity index (χ2n) is 4.04. The van der Waals surface area contributed by atoms with E-state index in [2.05, 4.69) is 21.9 Å². The zero-order valence-electron chi connectivity index (χ0n) is 9.40. The third-order valence-corrected chi connectivity index (χ3v) is 2.94. The standard InChI is InChI=1S/C11H16ClN3O/c1-15(10-2-3-10)4-5-16-11-8-13-7-9(6-12)14-11/h7-8,10H,2-6H2,1H3. The monoisotopic (exact) mass is 241 g/mol. The molecule has 0 saturated heterocycles. The third kappa shape index (κ3) is 3.32. The number of likely N-dealkylation sites (N-methyl/N-ethyl adjacent to an activating group) is 1. The van der Waals surface area contributed by atoms with Crippen molar-refractivity contribution in [2.24, 2.45) is 0 Å². The first-order valence-corrected chi connectivity index (χ1v) is 6.03. The molecule has 0 spiro atoms. The maximum Gasteiger partial charge on any atom is 0.232 e. The second-order valence-corrected chi connectivity index (χ2v) is 4.31. The highest BCUT2D eigenvalue weighted by molar-refractivity contribution is 6.16. The molecule has 0 bridgehead atoms. The molecule has 88 valence electrons.